The molecule has 0 saturated carbocycles. The van der Waals surface area contributed by atoms with Gasteiger partial charge in [-0.3, -0.25) is 4.68 Å². The van der Waals surface area contributed by atoms with Crippen LogP contribution in [-0.2, 0) is 17.5 Å². The van der Waals surface area contributed by atoms with E-state index in [0.717, 1.165) is 11.4 Å². The van der Waals surface area contributed by atoms with Gasteiger partial charge in [-0.2, -0.15) is 16.9 Å². The van der Waals surface area contributed by atoms with Crippen LogP contribution in [0.4, 0.5) is 0 Å². The van der Waals surface area contributed by atoms with Gasteiger partial charge in [-0.15, -0.1) is 0 Å². The van der Waals surface area contributed by atoms with Crippen LogP contribution in [0.2, 0.25) is 0 Å². The van der Waals surface area contributed by atoms with E-state index in [1.807, 2.05) is 14.0 Å². The molecule has 1 aromatic rings. The highest BCUT2D eigenvalue weighted by atomic mass is 32.2. The maximum atomic E-state index is 11.7. The number of hydrogen-bond donors (Lipinski definition) is 1. The van der Waals surface area contributed by atoms with Gasteiger partial charge in [0.1, 0.15) is 5.56 Å². The molecule has 0 fully saturated rings. The Morgan fingerprint density at radius 3 is 3.00 bits per heavy atom. The number of aromatic nitrogens is 2. The highest BCUT2D eigenvalue weighted by Gasteiger charge is 2.16. The topological polar surface area (TPSA) is 70.1 Å². The maximum absolute atomic E-state index is 11.7. The van der Waals surface area contributed by atoms with Gasteiger partial charge in [0.15, 0.2) is 0 Å². The monoisotopic (exact) mass is 257 g/mol. The lowest BCUT2D eigenvalue weighted by Gasteiger charge is -2.07. The van der Waals surface area contributed by atoms with Crippen molar-refractivity contribution in [1.82, 2.24) is 9.78 Å². The molecule has 1 atom stereocenters. The van der Waals surface area contributed by atoms with Crippen molar-refractivity contribution < 1.29 is 9.53 Å². The second-order valence-electron chi connectivity index (χ2n) is 3.84. The van der Waals surface area contributed by atoms with Gasteiger partial charge in [0.25, 0.3) is 0 Å². The van der Waals surface area contributed by atoms with E-state index < -0.39 is 0 Å². The Kier molecular flexibility index (Phi) is 5.50. The molecule has 1 aromatic heterocycles. The molecule has 0 aliphatic carbocycles. The first-order valence-electron chi connectivity index (χ1n) is 5.57. The van der Waals surface area contributed by atoms with Crippen molar-refractivity contribution in [2.45, 2.75) is 25.6 Å². The lowest BCUT2D eigenvalue weighted by atomic mass is 10.3. The molecule has 0 aliphatic rings. The fourth-order valence-corrected chi connectivity index (χ4v) is 2.38. The molecule has 0 aliphatic heterocycles. The third kappa shape index (κ3) is 4.05. The molecular formula is C11H19N3O2S. The normalized spacial score (nSPS) is 12.5. The number of nitrogens with two attached hydrogens (primary N) is 1. The lowest BCUT2D eigenvalue weighted by molar-refractivity contribution is 0.0525. The van der Waals surface area contributed by atoms with Crippen LogP contribution in [0, 0.1) is 0 Å². The van der Waals surface area contributed by atoms with Gasteiger partial charge in [0.2, 0.25) is 0 Å². The summed E-state index contributed by atoms with van der Waals surface area (Å²) in [4.78, 5) is 11.7. The fraction of sp³-hybridized carbons (Fsp3) is 0.636. The minimum absolute atomic E-state index is 0.152. The van der Waals surface area contributed by atoms with Crippen LogP contribution in [0.5, 0.6) is 0 Å². The number of thioether (sulfide) groups is 1. The van der Waals surface area contributed by atoms with Gasteiger partial charge >= 0.3 is 5.97 Å². The molecule has 5 nitrogen and oxygen atoms in total. The van der Waals surface area contributed by atoms with Crippen molar-refractivity contribution in [2.24, 2.45) is 12.8 Å². The standard InChI is InChI=1S/C11H19N3O2S/c1-4-16-11(15)9-5-13-14(3)10(9)7-17-6-8(2)12/h5,8H,4,6-7,12H2,1-3H3. The Bertz CT molecular complexity index is 377. The number of carbonyl (C=O) groups excluding carboxylic acids is 1. The molecule has 0 radical (unpaired) electrons. The van der Waals surface area contributed by atoms with E-state index in [0.29, 0.717) is 17.9 Å². The van der Waals surface area contributed by atoms with Gasteiger partial charge < -0.3 is 10.5 Å². The van der Waals surface area contributed by atoms with Crippen LogP contribution in [0.25, 0.3) is 0 Å². The van der Waals surface area contributed by atoms with Crippen molar-refractivity contribution in [2.75, 3.05) is 12.4 Å². The summed E-state index contributed by atoms with van der Waals surface area (Å²) in [5.74, 6) is 1.26. The number of rotatable bonds is 6. The van der Waals surface area contributed by atoms with Crippen LogP contribution < -0.4 is 5.73 Å². The molecular weight excluding hydrogens is 238 g/mol. The first-order valence-corrected chi connectivity index (χ1v) is 6.73. The summed E-state index contributed by atoms with van der Waals surface area (Å²) < 4.78 is 6.69. The number of esters is 1. The Morgan fingerprint density at radius 1 is 1.71 bits per heavy atom. The van der Waals surface area contributed by atoms with Gasteiger partial charge in [-0.05, 0) is 13.8 Å². The summed E-state index contributed by atoms with van der Waals surface area (Å²) in [6.45, 7) is 4.13. The van der Waals surface area contributed by atoms with Crippen molar-refractivity contribution in [3.8, 4) is 0 Å². The second kappa shape index (κ2) is 6.66. The molecule has 0 spiro atoms. The van der Waals surface area contributed by atoms with Gasteiger partial charge in [0, 0.05) is 24.6 Å². The Balaban J connectivity index is 2.69. The number of carbonyl (C=O) groups is 1. The molecule has 0 bridgehead atoms. The molecule has 1 unspecified atom stereocenters. The summed E-state index contributed by atoms with van der Waals surface area (Å²) in [5.41, 5.74) is 7.11. The molecule has 96 valence electrons. The number of aryl methyl sites for hydroxylation is 1. The van der Waals surface area contributed by atoms with Gasteiger partial charge in [-0.25, -0.2) is 4.79 Å². The molecule has 2 N–H and O–H groups in total. The Hall–Kier alpha value is -1.01. The van der Waals surface area contributed by atoms with Crippen LogP contribution >= 0.6 is 11.8 Å². The highest BCUT2D eigenvalue weighted by molar-refractivity contribution is 7.98. The van der Waals surface area contributed by atoms with E-state index in [4.69, 9.17) is 10.5 Å². The van der Waals surface area contributed by atoms with Crippen LogP contribution in [-0.4, -0.2) is 34.2 Å². The van der Waals surface area contributed by atoms with Gasteiger partial charge in [-0.1, -0.05) is 0 Å². The molecule has 6 heteroatoms. The summed E-state index contributed by atoms with van der Waals surface area (Å²) in [6.07, 6.45) is 1.56. The molecule has 1 rings (SSSR count). The summed E-state index contributed by atoms with van der Waals surface area (Å²) in [7, 11) is 1.82. The van der Waals surface area contributed by atoms with Crippen molar-refractivity contribution in [1.29, 1.82) is 0 Å². The summed E-state index contributed by atoms with van der Waals surface area (Å²) in [6, 6.07) is 0.152. The zero-order chi connectivity index (χ0) is 12.8. The minimum atomic E-state index is -0.308. The minimum Gasteiger partial charge on any atom is -0.462 e. The van der Waals surface area contributed by atoms with Crippen molar-refractivity contribution in [3.05, 3.63) is 17.5 Å². The number of nitrogens with zero attached hydrogens (tertiary/aromatic N) is 2. The quantitative estimate of drug-likeness (QED) is 0.775. The second-order valence-corrected chi connectivity index (χ2v) is 4.87. The molecule has 0 amide bonds. The highest BCUT2D eigenvalue weighted by Crippen LogP contribution is 2.17. The molecule has 0 aromatic carbocycles. The largest absolute Gasteiger partial charge is 0.462 e. The zero-order valence-electron chi connectivity index (χ0n) is 10.5. The Labute approximate surface area is 106 Å². The molecule has 17 heavy (non-hydrogen) atoms. The maximum Gasteiger partial charge on any atom is 0.341 e. The van der Waals surface area contributed by atoms with Crippen molar-refractivity contribution >= 4 is 17.7 Å². The van der Waals surface area contributed by atoms with Crippen LogP contribution in [0.3, 0.4) is 0 Å². The van der Waals surface area contributed by atoms with E-state index in [1.165, 1.54) is 0 Å². The van der Waals surface area contributed by atoms with E-state index in [-0.39, 0.29) is 12.0 Å². The molecule has 1 heterocycles. The SMILES string of the molecule is CCOC(=O)c1cnn(C)c1CSCC(C)N. The number of ether oxygens (including phenoxy) is 1. The van der Waals surface area contributed by atoms with Crippen LogP contribution in [0.1, 0.15) is 29.9 Å². The zero-order valence-corrected chi connectivity index (χ0v) is 11.3. The third-order valence-corrected chi connectivity index (χ3v) is 3.42. The Morgan fingerprint density at radius 2 is 2.41 bits per heavy atom. The van der Waals surface area contributed by atoms with Crippen molar-refractivity contribution in [3.63, 3.8) is 0 Å². The first-order chi connectivity index (χ1) is 8.06. The number of hydrogen-bond acceptors (Lipinski definition) is 5. The average molecular weight is 257 g/mol. The van der Waals surface area contributed by atoms with Crippen LogP contribution in [0.15, 0.2) is 6.20 Å². The van der Waals surface area contributed by atoms with Gasteiger partial charge in [0.05, 0.1) is 18.5 Å². The van der Waals surface area contributed by atoms with E-state index in [2.05, 4.69) is 5.10 Å². The predicted octanol–water partition coefficient (Wildman–Crippen LogP) is 1.18. The summed E-state index contributed by atoms with van der Waals surface area (Å²) in [5, 5.41) is 4.09. The molecule has 0 saturated heterocycles. The van der Waals surface area contributed by atoms with E-state index in [1.54, 1.807) is 29.6 Å². The summed E-state index contributed by atoms with van der Waals surface area (Å²) >= 11 is 1.69. The fourth-order valence-electron chi connectivity index (χ4n) is 1.35. The average Bonchev–Trinajstić information content (AvgIpc) is 2.60. The van der Waals surface area contributed by atoms with E-state index >= 15 is 0 Å². The first kappa shape index (κ1) is 14.1. The lowest BCUT2D eigenvalue weighted by Crippen LogP contribution is -2.18. The predicted molar refractivity (Wildman–Crippen MR) is 69.0 cm³/mol. The smallest absolute Gasteiger partial charge is 0.341 e. The third-order valence-electron chi connectivity index (χ3n) is 2.18. The van der Waals surface area contributed by atoms with E-state index in [9.17, 15) is 4.79 Å².